The molecule has 10 heavy (non-hydrogen) atoms. The maximum absolute atomic E-state index is 12.5. The number of halogens is 1. The molecule has 2 heteroatoms. The molecule has 54 valence electrons. The Labute approximate surface area is 65.5 Å². The first-order valence-corrected chi connectivity index (χ1v) is 3.65. The number of rotatable bonds is 0. The van der Waals surface area contributed by atoms with Crippen molar-refractivity contribution in [2.24, 2.45) is 0 Å². The van der Waals surface area contributed by atoms with E-state index in [9.17, 15) is 4.39 Å². The number of allylic oxidation sites excluding steroid dienone is 6. The van der Waals surface area contributed by atoms with Gasteiger partial charge in [-0.3, -0.25) is 0 Å². The molecule has 0 saturated heterocycles. The molecular weight excluding hydrogens is 147 g/mol. The van der Waals surface area contributed by atoms with Crippen molar-refractivity contribution in [1.82, 2.24) is 0 Å². The third-order valence-corrected chi connectivity index (χ3v) is 1.65. The Morgan fingerprint density at radius 2 is 2.20 bits per heavy atom. The summed E-state index contributed by atoms with van der Waals surface area (Å²) >= 11 is 4.13. The van der Waals surface area contributed by atoms with Crippen LogP contribution in [-0.2, 0) is 0 Å². The SMILES string of the molecule is FC1=C/C=C(/S)CC\C=C\1. The smallest absolute Gasteiger partial charge is 0.122 e. The maximum Gasteiger partial charge on any atom is 0.122 e. The van der Waals surface area contributed by atoms with Crippen molar-refractivity contribution in [3.05, 3.63) is 35.0 Å². The number of hydrogen-bond donors (Lipinski definition) is 1. The molecule has 0 saturated carbocycles. The summed E-state index contributed by atoms with van der Waals surface area (Å²) in [5, 5.41) is 0. The summed E-state index contributed by atoms with van der Waals surface area (Å²) in [6, 6.07) is 0. The molecule has 0 spiro atoms. The van der Waals surface area contributed by atoms with E-state index in [1.54, 1.807) is 6.08 Å². The minimum absolute atomic E-state index is 0.203. The van der Waals surface area contributed by atoms with Gasteiger partial charge in [0.2, 0.25) is 0 Å². The van der Waals surface area contributed by atoms with Crippen LogP contribution in [0.2, 0.25) is 0 Å². The molecule has 1 aliphatic carbocycles. The first-order chi connectivity index (χ1) is 4.79. The van der Waals surface area contributed by atoms with Gasteiger partial charge in [-0.05, 0) is 29.9 Å². The van der Waals surface area contributed by atoms with Gasteiger partial charge in [-0.15, -0.1) is 12.6 Å². The fraction of sp³-hybridized carbons (Fsp3) is 0.250. The molecule has 0 amide bonds. The van der Waals surface area contributed by atoms with Crippen molar-refractivity contribution in [3.8, 4) is 0 Å². The molecule has 0 atom stereocenters. The van der Waals surface area contributed by atoms with Crippen LogP contribution in [0.3, 0.4) is 0 Å². The molecular formula is C8H9FS. The summed E-state index contributed by atoms with van der Waals surface area (Å²) in [6.45, 7) is 0. The summed E-state index contributed by atoms with van der Waals surface area (Å²) in [6.07, 6.45) is 8.20. The monoisotopic (exact) mass is 156 g/mol. The summed E-state index contributed by atoms with van der Waals surface area (Å²) in [5.74, 6) is -0.203. The lowest BCUT2D eigenvalue weighted by molar-refractivity contribution is 0.665. The third kappa shape index (κ3) is 2.40. The van der Waals surface area contributed by atoms with Gasteiger partial charge in [0.05, 0.1) is 0 Å². The Morgan fingerprint density at radius 3 is 3.00 bits per heavy atom. The highest BCUT2D eigenvalue weighted by Crippen LogP contribution is 2.14. The number of hydrogen-bond acceptors (Lipinski definition) is 1. The van der Waals surface area contributed by atoms with Crippen LogP contribution in [0.15, 0.2) is 35.0 Å². The largest absolute Gasteiger partial charge is 0.207 e. The third-order valence-electron chi connectivity index (χ3n) is 1.28. The van der Waals surface area contributed by atoms with Gasteiger partial charge in [-0.1, -0.05) is 12.2 Å². The fourth-order valence-electron chi connectivity index (χ4n) is 0.742. The van der Waals surface area contributed by atoms with Crippen molar-refractivity contribution in [2.45, 2.75) is 12.8 Å². The molecule has 1 aliphatic rings. The molecule has 0 fully saturated rings. The van der Waals surface area contributed by atoms with E-state index < -0.39 is 0 Å². The van der Waals surface area contributed by atoms with Crippen LogP contribution in [0.25, 0.3) is 0 Å². The predicted molar refractivity (Wildman–Crippen MR) is 44.6 cm³/mol. The number of thiol groups is 1. The Bertz CT molecular complexity index is 201. The van der Waals surface area contributed by atoms with Crippen molar-refractivity contribution < 1.29 is 4.39 Å². The van der Waals surface area contributed by atoms with E-state index in [4.69, 9.17) is 0 Å². The summed E-state index contributed by atoms with van der Waals surface area (Å²) in [5.41, 5.74) is 0. The first-order valence-electron chi connectivity index (χ1n) is 3.21. The summed E-state index contributed by atoms with van der Waals surface area (Å²) in [7, 11) is 0. The standard InChI is InChI=1S/C8H9FS/c9-7-3-1-2-4-8(10)6-5-7/h1,3,5-6,10H,2,4H2/b3-1+,7-5+,8-6+. The van der Waals surface area contributed by atoms with Crippen LogP contribution in [-0.4, -0.2) is 0 Å². The zero-order chi connectivity index (χ0) is 7.40. The van der Waals surface area contributed by atoms with Gasteiger partial charge >= 0.3 is 0 Å². The van der Waals surface area contributed by atoms with Crippen molar-refractivity contribution in [1.29, 1.82) is 0 Å². The molecule has 0 unspecified atom stereocenters. The van der Waals surface area contributed by atoms with Gasteiger partial charge in [0.25, 0.3) is 0 Å². The molecule has 0 radical (unpaired) electrons. The van der Waals surface area contributed by atoms with E-state index >= 15 is 0 Å². The van der Waals surface area contributed by atoms with Crippen LogP contribution in [0, 0.1) is 0 Å². The molecule has 0 N–H and O–H groups in total. The lowest BCUT2D eigenvalue weighted by Gasteiger charge is -1.97. The van der Waals surface area contributed by atoms with Crippen LogP contribution < -0.4 is 0 Å². The van der Waals surface area contributed by atoms with Gasteiger partial charge in [0.1, 0.15) is 5.83 Å². The van der Waals surface area contributed by atoms with E-state index in [1.807, 2.05) is 6.08 Å². The zero-order valence-electron chi connectivity index (χ0n) is 5.55. The zero-order valence-corrected chi connectivity index (χ0v) is 6.44. The molecule has 1 rings (SSSR count). The lowest BCUT2D eigenvalue weighted by Crippen LogP contribution is -1.76. The van der Waals surface area contributed by atoms with E-state index in [1.165, 1.54) is 12.2 Å². The van der Waals surface area contributed by atoms with Gasteiger partial charge < -0.3 is 0 Å². The highest BCUT2D eigenvalue weighted by Gasteiger charge is 1.92. The lowest BCUT2D eigenvalue weighted by atomic mass is 10.2. The van der Waals surface area contributed by atoms with Gasteiger partial charge in [-0.25, -0.2) is 4.39 Å². The van der Waals surface area contributed by atoms with E-state index in [0.717, 1.165) is 17.7 Å². The Balaban J connectivity index is 2.75. The second-order valence-electron chi connectivity index (χ2n) is 2.15. The van der Waals surface area contributed by atoms with Crippen LogP contribution >= 0.6 is 12.6 Å². The maximum atomic E-state index is 12.5. The Kier molecular flexibility index (Phi) is 2.75. The Hall–Kier alpha value is -0.500. The van der Waals surface area contributed by atoms with Crippen molar-refractivity contribution in [2.75, 3.05) is 0 Å². The quantitative estimate of drug-likeness (QED) is 0.512. The fourth-order valence-corrected chi connectivity index (χ4v) is 0.945. The highest BCUT2D eigenvalue weighted by molar-refractivity contribution is 7.84. The van der Waals surface area contributed by atoms with E-state index in [-0.39, 0.29) is 5.83 Å². The minimum atomic E-state index is -0.203. The van der Waals surface area contributed by atoms with Crippen LogP contribution in [0.5, 0.6) is 0 Å². The first kappa shape index (κ1) is 7.61. The molecule has 0 bridgehead atoms. The molecule has 0 aromatic carbocycles. The Morgan fingerprint density at radius 1 is 1.40 bits per heavy atom. The predicted octanol–water partition coefficient (Wildman–Crippen LogP) is 3.00. The molecule has 0 aliphatic heterocycles. The second kappa shape index (κ2) is 3.62. The molecule has 0 aromatic rings. The highest BCUT2D eigenvalue weighted by atomic mass is 32.1. The topological polar surface area (TPSA) is 0 Å². The van der Waals surface area contributed by atoms with Crippen molar-refractivity contribution in [3.63, 3.8) is 0 Å². The average molecular weight is 156 g/mol. The van der Waals surface area contributed by atoms with E-state index in [2.05, 4.69) is 12.6 Å². The molecule has 0 aromatic heterocycles. The average Bonchev–Trinajstić information content (AvgIpc) is 1.90. The minimum Gasteiger partial charge on any atom is -0.207 e. The summed E-state index contributed by atoms with van der Waals surface area (Å²) in [4.78, 5) is 0.930. The van der Waals surface area contributed by atoms with Crippen LogP contribution in [0.4, 0.5) is 4.39 Å². The van der Waals surface area contributed by atoms with E-state index in [0.29, 0.717) is 0 Å². The molecule has 0 nitrogen and oxygen atoms in total. The van der Waals surface area contributed by atoms with Gasteiger partial charge in [0.15, 0.2) is 0 Å². The van der Waals surface area contributed by atoms with Crippen LogP contribution in [0.1, 0.15) is 12.8 Å². The second-order valence-corrected chi connectivity index (χ2v) is 2.73. The van der Waals surface area contributed by atoms with Gasteiger partial charge in [0, 0.05) is 0 Å². The van der Waals surface area contributed by atoms with Crippen molar-refractivity contribution >= 4 is 12.6 Å². The normalized spacial score (nSPS) is 32.6. The summed E-state index contributed by atoms with van der Waals surface area (Å²) < 4.78 is 12.5. The molecule has 0 heterocycles. The van der Waals surface area contributed by atoms with Gasteiger partial charge in [-0.2, -0.15) is 0 Å².